The lowest BCUT2D eigenvalue weighted by Gasteiger charge is -2.04. The number of fused-ring (bicyclic) bond motifs is 1. The van der Waals surface area contributed by atoms with Gasteiger partial charge in [-0.3, -0.25) is 10.1 Å². The van der Waals surface area contributed by atoms with Crippen molar-refractivity contribution in [3.63, 3.8) is 0 Å². The van der Waals surface area contributed by atoms with E-state index in [1.54, 1.807) is 12.1 Å². The van der Waals surface area contributed by atoms with Crippen molar-refractivity contribution in [1.82, 2.24) is 4.98 Å². The number of nitro groups is 1. The molecule has 1 N–H and O–H groups in total. The molecule has 94 valence electrons. The molecule has 2 aromatic carbocycles. The molecule has 19 heavy (non-hydrogen) atoms. The van der Waals surface area contributed by atoms with Gasteiger partial charge in [-0.2, -0.15) is 0 Å². The van der Waals surface area contributed by atoms with Crippen molar-refractivity contribution in [3.8, 4) is 11.1 Å². The Kier molecular flexibility index (Phi) is 2.72. The molecule has 0 aliphatic carbocycles. The number of benzene rings is 2. The minimum Gasteiger partial charge on any atom is -0.361 e. The molecule has 3 rings (SSSR count). The molecule has 0 aliphatic rings. The molecule has 0 aliphatic heterocycles. The molecular formula is C14H9ClN2O2. The van der Waals surface area contributed by atoms with E-state index in [4.69, 9.17) is 11.6 Å². The normalized spacial score (nSPS) is 10.8. The third-order valence-corrected chi connectivity index (χ3v) is 3.26. The van der Waals surface area contributed by atoms with Crippen molar-refractivity contribution < 1.29 is 4.92 Å². The molecule has 1 aromatic heterocycles. The Morgan fingerprint density at radius 3 is 2.74 bits per heavy atom. The minimum absolute atomic E-state index is 0.0161. The number of H-pyrrole nitrogens is 1. The van der Waals surface area contributed by atoms with E-state index >= 15 is 0 Å². The summed E-state index contributed by atoms with van der Waals surface area (Å²) in [5, 5.41) is 12.5. The van der Waals surface area contributed by atoms with Crippen LogP contribution in [0.5, 0.6) is 0 Å². The van der Waals surface area contributed by atoms with Crippen LogP contribution < -0.4 is 0 Å². The quantitative estimate of drug-likeness (QED) is 0.555. The smallest absolute Gasteiger partial charge is 0.278 e. The fourth-order valence-electron chi connectivity index (χ4n) is 2.12. The van der Waals surface area contributed by atoms with Crippen molar-refractivity contribution >= 4 is 28.2 Å². The number of rotatable bonds is 2. The number of nitrogens with zero attached hydrogens (tertiary/aromatic N) is 1. The van der Waals surface area contributed by atoms with Gasteiger partial charge in [-0.05, 0) is 41.3 Å². The summed E-state index contributed by atoms with van der Waals surface area (Å²) in [6, 6.07) is 12.3. The van der Waals surface area contributed by atoms with Crippen molar-refractivity contribution in [3.05, 3.63) is 63.8 Å². The third kappa shape index (κ3) is 2.06. The van der Waals surface area contributed by atoms with Crippen LogP contribution in [-0.2, 0) is 0 Å². The highest BCUT2D eigenvalue weighted by atomic mass is 35.5. The van der Waals surface area contributed by atoms with Crippen LogP contribution >= 0.6 is 11.6 Å². The number of hydrogen-bond donors (Lipinski definition) is 1. The monoisotopic (exact) mass is 272 g/mol. The number of nitrogens with one attached hydrogen (secondary N) is 1. The Labute approximate surface area is 113 Å². The van der Waals surface area contributed by atoms with Crippen LogP contribution in [0.2, 0.25) is 5.02 Å². The second-order valence-corrected chi connectivity index (χ2v) is 4.63. The molecule has 0 fully saturated rings. The van der Waals surface area contributed by atoms with Gasteiger partial charge in [-0.25, -0.2) is 0 Å². The van der Waals surface area contributed by atoms with Gasteiger partial charge in [0.05, 0.1) is 10.5 Å². The highest BCUT2D eigenvalue weighted by molar-refractivity contribution is 6.31. The lowest BCUT2D eigenvalue weighted by Crippen LogP contribution is -1.91. The van der Waals surface area contributed by atoms with Crippen molar-refractivity contribution in [2.75, 3.05) is 0 Å². The maximum atomic E-state index is 11.1. The predicted molar refractivity (Wildman–Crippen MR) is 75.4 cm³/mol. The Morgan fingerprint density at radius 2 is 1.95 bits per heavy atom. The van der Waals surface area contributed by atoms with Gasteiger partial charge in [-0.15, -0.1) is 0 Å². The second kappa shape index (κ2) is 4.40. The lowest BCUT2D eigenvalue weighted by molar-refractivity contribution is -0.384. The lowest BCUT2D eigenvalue weighted by atomic mass is 10.0. The summed E-state index contributed by atoms with van der Waals surface area (Å²) in [5.74, 6) is 0. The molecule has 5 heteroatoms. The summed E-state index contributed by atoms with van der Waals surface area (Å²) in [7, 11) is 0. The zero-order valence-electron chi connectivity index (χ0n) is 9.76. The number of hydrogen-bond acceptors (Lipinski definition) is 2. The summed E-state index contributed by atoms with van der Waals surface area (Å²) in [4.78, 5) is 13.8. The van der Waals surface area contributed by atoms with E-state index in [9.17, 15) is 10.1 Å². The minimum atomic E-state index is -0.414. The molecule has 0 saturated carbocycles. The molecule has 1 heterocycles. The fourth-order valence-corrected chi connectivity index (χ4v) is 2.29. The maximum Gasteiger partial charge on any atom is 0.278 e. The Hall–Kier alpha value is -2.33. The van der Waals surface area contributed by atoms with Gasteiger partial charge in [0.25, 0.3) is 5.69 Å². The van der Waals surface area contributed by atoms with Crippen molar-refractivity contribution in [2.24, 2.45) is 0 Å². The van der Waals surface area contributed by atoms with Gasteiger partial charge in [0.1, 0.15) is 0 Å². The molecule has 0 radical (unpaired) electrons. The highest BCUT2D eigenvalue weighted by Crippen LogP contribution is 2.33. The van der Waals surface area contributed by atoms with Gasteiger partial charge in [0, 0.05) is 22.8 Å². The molecule has 4 nitrogen and oxygen atoms in total. The van der Waals surface area contributed by atoms with Crippen LogP contribution in [0.15, 0.2) is 48.7 Å². The summed E-state index contributed by atoms with van der Waals surface area (Å²) >= 11 is 5.82. The Morgan fingerprint density at radius 1 is 1.11 bits per heavy atom. The van der Waals surface area contributed by atoms with Crippen LogP contribution in [0.25, 0.3) is 22.0 Å². The van der Waals surface area contributed by atoms with Crippen LogP contribution in [0, 0.1) is 10.1 Å². The van der Waals surface area contributed by atoms with Crippen molar-refractivity contribution in [1.29, 1.82) is 0 Å². The van der Waals surface area contributed by atoms with Gasteiger partial charge in [-0.1, -0.05) is 17.7 Å². The van der Waals surface area contributed by atoms with E-state index in [0.717, 1.165) is 16.5 Å². The first-order chi connectivity index (χ1) is 9.15. The number of halogens is 1. The summed E-state index contributed by atoms with van der Waals surface area (Å²) in [5.41, 5.74) is 2.38. The third-order valence-electron chi connectivity index (χ3n) is 3.02. The number of aromatic amines is 1. The first kappa shape index (κ1) is 11.7. The molecule has 0 unspecified atom stereocenters. The van der Waals surface area contributed by atoms with Gasteiger partial charge < -0.3 is 4.98 Å². The zero-order valence-corrected chi connectivity index (χ0v) is 10.5. The fraction of sp³-hybridized carbons (Fsp3) is 0. The molecule has 0 bridgehead atoms. The molecule has 3 aromatic rings. The van der Waals surface area contributed by atoms with Gasteiger partial charge >= 0.3 is 0 Å². The van der Waals surface area contributed by atoms with Gasteiger partial charge in [0.2, 0.25) is 0 Å². The summed E-state index contributed by atoms with van der Waals surface area (Å²) in [6.07, 6.45) is 1.84. The van der Waals surface area contributed by atoms with E-state index in [2.05, 4.69) is 4.98 Å². The molecule has 0 atom stereocenters. The first-order valence-electron chi connectivity index (χ1n) is 5.66. The van der Waals surface area contributed by atoms with Crippen molar-refractivity contribution in [2.45, 2.75) is 0 Å². The standard InChI is InChI=1S/C14H9ClN2O2/c15-11-2-3-12(14(8-11)17(18)19)9-1-4-13-10(7-9)5-6-16-13/h1-8,16H. The Bertz CT molecular complexity index is 780. The Balaban J connectivity index is 2.22. The van der Waals surface area contributed by atoms with E-state index in [1.807, 2.05) is 30.5 Å². The SMILES string of the molecule is O=[N+]([O-])c1cc(Cl)ccc1-c1ccc2[nH]ccc2c1. The number of nitro benzene ring substituents is 1. The first-order valence-corrected chi connectivity index (χ1v) is 6.04. The second-order valence-electron chi connectivity index (χ2n) is 4.20. The van der Waals surface area contributed by atoms with E-state index in [1.165, 1.54) is 6.07 Å². The van der Waals surface area contributed by atoms with Gasteiger partial charge in [0.15, 0.2) is 0 Å². The van der Waals surface area contributed by atoms with E-state index in [-0.39, 0.29) is 5.69 Å². The molecule has 0 saturated heterocycles. The van der Waals surface area contributed by atoms with Crippen LogP contribution in [0.1, 0.15) is 0 Å². The zero-order chi connectivity index (χ0) is 13.4. The van der Waals surface area contributed by atoms with Crippen LogP contribution in [0.3, 0.4) is 0 Å². The summed E-state index contributed by atoms with van der Waals surface area (Å²) < 4.78 is 0. The number of aromatic nitrogens is 1. The molecule has 0 spiro atoms. The maximum absolute atomic E-state index is 11.1. The average molecular weight is 273 g/mol. The molecular weight excluding hydrogens is 264 g/mol. The van der Waals surface area contributed by atoms with E-state index < -0.39 is 4.92 Å². The van der Waals surface area contributed by atoms with E-state index in [0.29, 0.717) is 10.6 Å². The largest absolute Gasteiger partial charge is 0.361 e. The highest BCUT2D eigenvalue weighted by Gasteiger charge is 2.16. The summed E-state index contributed by atoms with van der Waals surface area (Å²) in [6.45, 7) is 0. The predicted octanol–water partition coefficient (Wildman–Crippen LogP) is 4.40. The van der Waals surface area contributed by atoms with Crippen LogP contribution in [-0.4, -0.2) is 9.91 Å². The topological polar surface area (TPSA) is 58.9 Å². The average Bonchev–Trinajstić information content (AvgIpc) is 2.85. The van der Waals surface area contributed by atoms with Crippen LogP contribution in [0.4, 0.5) is 5.69 Å². The molecule has 0 amide bonds.